The minimum absolute atomic E-state index is 0.0544. The van der Waals surface area contributed by atoms with E-state index in [1.165, 1.54) is 18.4 Å². The summed E-state index contributed by atoms with van der Waals surface area (Å²) in [4.78, 5) is 8.98. The molecule has 21 heavy (non-hydrogen) atoms. The van der Waals surface area contributed by atoms with Crippen LogP contribution in [-0.2, 0) is 6.42 Å². The molecule has 0 saturated heterocycles. The summed E-state index contributed by atoms with van der Waals surface area (Å²) in [5.74, 6) is 2.17. The number of aromatic nitrogens is 2. The number of nitrogens with one attached hydrogen (secondary N) is 1. The Morgan fingerprint density at radius 2 is 2.00 bits per heavy atom. The van der Waals surface area contributed by atoms with Gasteiger partial charge in [-0.25, -0.2) is 9.97 Å². The third kappa shape index (κ3) is 4.02. The molecule has 4 nitrogen and oxygen atoms in total. The van der Waals surface area contributed by atoms with Crippen LogP contribution in [-0.4, -0.2) is 27.7 Å². The first-order valence-corrected chi connectivity index (χ1v) is 7.99. The van der Waals surface area contributed by atoms with Crippen LogP contribution in [0.5, 0.6) is 0 Å². The van der Waals surface area contributed by atoms with E-state index in [0.29, 0.717) is 5.92 Å². The molecule has 1 aromatic heterocycles. The fourth-order valence-corrected chi connectivity index (χ4v) is 2.70. The zero-order chi connectivity index (χ0) is 14.7. The standard InChI is InChI=1S/C16H18BrN3O/c17-14-9-15(20-16(19-14)12-6-7-12)18-13(10-21)8-11-4-2-1-3-5-11/h1-5,9,12-13,21H,6-8,10H2,(H,18,19,20). The van der Waals surface area contributed by atoms with E-state index in [-0.39, 0.29) is 12.6 Å². The van der Waals surface area contributed by atoms with E-state index in [1.807, 2.05) is 24.3 Å². The highest BCUT2D eigenvalue weighted by molar-refractivity contribution is 9.10. The third-order valence-corrected chi connectivity index (χ3v) is 3.96. The number of hydrogen-bond donors (Lipinski definition) is 2. The van der Waals surface area contributed by atoms with E-state index in [0.717, 1.165) is 22.7 Å². The Balaban J connectivity index is 1.71. The molecule has 1 aliphatic carbocycles. The average molecular weight is 348 g/mol. The van der Waals surface area contributed by atoms with Crippen molar-refractivity contribution < 1.29 is 5.11 Å². The number of nitrogens with zero attached hydrogens (tertiary/aromatic N) is 2. The SMILES string of the molecule is OCC(Cc1ccccc1)Nc1cc(Br)nc(C2CC2)n1. The first kappa shape index (κ1) is 14.5. The summed E-state index contributed by atoms with van der Waals surface area (Å²) in [6, 6.07) is 12.0. The van der Waals surface area contributed by atoms with Crippen molar-refractivity contribution in [1.29, 1.82) is 0 Å². The highest BCUT2D eigenvalue weighted by atomic mass is 79.9. The Morgan fingerprint density at radius 1 is 1.24 bits per heavy atom. The van der Waals surface area contributed by atoms with E-state index in [9.17, 15) is 5.11 Å². The maximum Gasteiger partial charge on any atom is 0.135 e. The smallest absolute Gasteiger partial charge is 0.135 e. The lowest BCUT2D eigenvalue weighted by molar-refractivity contribution is 0.273. The molecule has 1 aromatic carbocycles. The van der Waals surface area contributed by atoms with Crippen molar-refractivity contribution in [3.8, 4) is 0 Å². The molecule has 1 unspecified atom stereocenters. The van der Waals surface area contributed by atoms with Gasteiger partial charge in [-0.2, -0.15) is 0 Å². The monoisotopic (exact) mass is 347 g/mol. The van der Waals surface area contributed by atoms with Crippen LogP contribution in [0.1, 0.15) is 30.1 Å². The molecule has 1 saturated carbocycles. The Morgan fingerprint density at radius 3 is 2.67 bits per heavy atom. The van der Waals surface area contributed by atoms with E-state index < -0.39 is 0 Å². The molecule has 1 aliphatic rings. The van der Waals surface area contributed by atoms with Gasteiger partial charge in [-0.3, -0.25) is 0 Å². The van der Waals surface area contributed by atoms with Gasteiger partial charge in [0.2, 0.25) is 0 Å². The minimum atomic E-state index is -0.0544. The Bertz CT molecular complexity index is 602. The molecule has 2 aromatic rings. The molecule has 0 aliphatic heterocycles. The van der Waals surface area contributed by atoms with Crippen LogP contribution in [0, 0.1) is 0 Å². The number of hydrogen-bond acceptors (Lipinski definition) is 4. The van der Waals surface area contributed by atoms with Crippen molar-refractivity contribution in [2.75, 3.05) is 11.9 Å². The van der Waals surface area contributed by atoms with E-state index in [4.69, 9.17) is 0 Å². The third-order valence-electron chi connectivity index (χ3n) is 3.55. The van der Waals surface area contributed by atoms with Crippen LogP contribution in [0.3, 0.4) is 0 Å². The van der Waals surface area contributed by atoms with E-state index >= 15 is 0 Å². The van der Waals surface area contributed by atoms with Crippen molar-refractivity contribution in [2.45, 2.75) is 31.2 Å². The zero-order valence-electron chi connectivity index (χ0n) is 11.7. The van der Waals surface area contributed by atoms with Crippen LogP contribution >= 0.6 is 15.9 Å². The highest BCUT2D eigenvalue weighted by Crippen LogP contribution is 2.38. The predicted octanol–water partition coefficient (Wildman–Crippen LogP) is 3.13. The number of aliphatic hydroxyl groups is 1. The number of benzene rings is 1. The lowest BCUT2D eigenvalue weighted by Gasteiger charge is -2.17. The molecule has 0 radical (unpaired) electrons. The van der Waals surface area contributed by atoms with Crippen molar-refractivity contribution in [3.05, 3.63) is 52.4 Å². The van der Waals surface area contributed by atoms with Crippen LogP contribution in [0.4, 0.5) is 5.82 Å². The summed E-state index contributed by atoms with van der Waals surface area (Å²) in [5.41, 5.74) is 1.19. The molecule has 110 valence electrons. The second-order valence-corrected chi connectivity index (χ2v) is 6.23. The molecule has 0 spiro atoms. The Labute approximate surface area is 132 Å². The summed E-state index contributed by atoms with van der Waals surface area (Å²) in [6.07, 6.45) is 3.10. The van der Waals surface area contributed by atoms with Gasteiger partial charge in [0.25, 0.3) is 0 Å². The van der Waals surface area contributed by atoms with Gasteiger partial charge in [-0.15, -0.1) is 0 Å². The van der Waals surface area contributed by atoms with Gasteiger partial charge in [0.1, 0.15) is 16.2 Å². The summed E-state index contributed by atoms with van der Waals surface area (Å²) in [6.45, 7) is 0.0648. The fourth-order valence-electron chi connectivity index (χ4n) is 2.30. The van der Waals surface area contributed by atoms with Gasteiger partial charge < -0.3 is 10.4 Å². The quantitative estimate of drug-likeness (QED) is 0.788. The summed E-state index contributed by atoms with van der Waals surface area (Å²) in [5, 5.41) is 12.9. The number of halogens is 1. The number of anilines is 1. The van der Waals surface area contributed by atoms with Crippen LogP contribution in [0.15, 0.2) is 41.0 Å². The molecule has 1 atom stereocenters. The van der Waals surface area contributed by atoms with Gasteiger partial charge in [0.15, 0.2) is 0 Å². The summed E-state index contributed by atoms with van der Waals surface area (Å²) < 4.78 is 0.790. The summed E-state index contributed by atoms with van der Waals surface area (Å²) >= 11 is 3.43. The minimum Gasteiger partial charge on any atom is -0.394 e. The van der Waals surface area contributed by atoms with Crippen molar-refractivity contribution in [2.24, 2.45) is 0 Å². The topological polar surface area (TPSA) is 58.0 Å². The number of aliphatic hydroxyl groups excluding tert-OH is 1. The normalized spacial score (nSPS) is 15.7. The predicted molar refractivity (Wildman–Crippen MR) is 86.3 cm³/mol. The number of rotatable bonds is 6. The van der Waals surface area contributed by atoms with E-state index in [2.05, 4.69) is 43.3 Å². The lowest BCUT2D eigenvalue weighted by Crippen LogP contribution is -2.27. The molecule has 0 bridgehead atoms. The van der Waals surface area contributed by atoms with Crippen LogP contribution in [0.2, 0.25) is 0 Å². The van der Waals surface area contributed by atoms with Crippen LogP contribution in [0.25, 0.3) is 0 Å². The molecule has 2 N–H and O–H groups in total. The molecule has 1 fully saturated rings. The maximum absolute atomic E-state index is 9.59. The fraction of sp³-hybridized carbons (Fsp3) is 0.375. The lowest BCUT2D eigenvalue weighted by atomic mass is 10.1. The average Bonchev–Trinajstić information content (AvgIpc) is 3.32. The second kappa shape index (κ2) is 6.54. The summed E-state index contributed by atoms with van der Waals surface area (Å²) in [7, 11) is 0. The van der Waals surface area contributed by atoms with Gasteiger partial charge in [-0.1, -0.05) is 30.3 Å². The molecule has 1 heterocycles. The van der Waals surface area contributed by atoms with Crippen LogP contribution < -0.4 is 5.32 Å². The molecule has 5 heteroatoms. The van der Waals surface area contributed by atoms with Gasteiger partial charge in [-0.05, 0) is 40.8 Å². The van der Waals surface area contributed by atoms with Crippen molar-refractivity contribution in [3.63, 3.8) is 0 Å². The van der Waals surface area contributed by atoms with Crippen molar-refractivity contribution >= 4 is 21.7 Å². The van der Waals surface area contributed by atoms with Gasteiger partial charge in [0.05, 0.1) is 12.6 Å². The molecular formula is C16H18BrN3O. The molecular weight excluding hydrogens is 330 g/mol. The Kier molecular flexibility index (Phi) is 4.51. The van der Waals surface area contributed by atoms with E-state index in [1.54, 1.807) is 0 Å². The van der Waals surface area contributed by atoms with Gasteiger partial charge >= 0.3 is 0 Å². The largest absolute Gasteiger partial charge is 0.394 e. The molecule has 3 rings (SSSR count). The van der Waals surface area contributed by atoms with Crippen molar-refractivity contribution in [1.82, 2.24) is 9.97 Å². The van der Waals surface area contributed by atoms with Gasteiger partial charge in [0, 0.05) is 12.0 Å². The first-order chi connectivity index (χ1) is 10.2. The zero-order valence-corrected chi connectivity index (χ0v) is 13.3. The first-order valence-electron chi connectivity index (χ1n) is 7.20. The Hall–Kier alpha value is -1.46. The maximum atomic E-state index is 9.59. The highest BCUT2D eigenvalue weighted by Gasteiger charge is 2.27. The second-order valence-electron chi connectivity index (χ2n) is 5.42. The molecule has 0 amide bonds.